The summed E-state index contributed by atoms with van der Waals surface area (Å²) in [6.07, 6.45) is -83.3. The van der Waals surface area contributed by atoms with Crippen LogP contribution in [0.2, 0.25) is 0 Å². The van der Waals surface area contributed by atoms with Crippen LogP contribution in [0.4, 0.5) is 132 Å². The third-order valence-electron chi connectivity index (χ3n) is 14.9. The minimum Gasteiger partial charge on any atom is -0.381 e. The molecule has 0 spiro atoms. The fourth-order valence-electron chi connectivity index (χ4n) is 10.9. The van der Waals surface area contributed by atoms with Crippen LogP contribution < -0.4 is 0 Å². The van der Waals surface area contributed by atoms with Crippen LogP contribution in [0.5, 0.6) is 0 Å². The molecule has 36 heteroatoms. The second kappa shape index (κ2) is 19.6. The average Bonchev–Trinajstić information content (AvgIpc) is 3.77. The van der Waals surface area contributed by atoms with Gasteiger partial charge in [-0.2, -0.15) is 132 Å². The highest BCUT2D eigenvalue weighted by Gasteiger charge is 2.80. The number of hydrogen-bond acceptors (Lipinski definition) is 6. The maximum absolute atomic E-state index is 14.1. The van der Waals surface area contributed by atoms with Gasteiger partial charge in [-0.25, -0.2) is 0 Å². The summed E-state index contributed by atoms with van der Waals surface area (Å²) in [6, 6.07) is 0. The fraction of sp³-hybridized carbons (Fsp3) is 0.950. The predicted octanol–water partition coefficient (Wildman–Crippen LogP) is 13.3. The molecule has 448 valence electrons. The van der Waals surface area contributed by atoms with Gasteiger partial charge in [0.1, 0.15) is 0 Å². The number of allylic oxidation sites excluding steroid dienone is 1. The van der Waals surface area contributed by atoms with E-state index in [9.17, 15) is 152 Å². The van der Waals surface area contributed by atoms with Crippen molar-refractivity contribution in [1.29, 1.82) is 0 Å². The van der Waals surface area contributed by atoms with Crippen LogP contribution in [0.15, 0.2) is 12.2 Å². The highest BCUT2D eigenvalue weighted by atomic mass is 19.5. The zero-order chi connectivity index (χ0) is 59.7. The molecule has 0 aliphatic heterocycles. The van der Waals surface area contributed by atoms with Crippen LogP contribution in [0.1, 0.15) is 78.1 Å². The predicted molar refractivity (Wildman–Crippen MR) is 190 cm³/mol. The Bertz CT molecular complexity index is 1960. The highest BCUT2D eigenvalue weighted by molar-refractivity contribution is 5.19. The van der Waals surface area contributed by atoms with Gasteiger partial charge >= 0.3 is 61.8 Å². The summed E-state index contributed by atoms with van der Waals surface area (Å²) in [5.74, 6) is -10.7. The second-order valence-electron chi connectivity index (χ2n) is 20.5. The lowest BCUT2D eigenvalue weighted by molar-refractivity contribution is -0.402. The molecular weight excluding hydrogens is 1150 g/mol. The number of alkyl halides is 30. The minimum absolute atomic E-state index is 0.0323. The first kappa shape index (κ1) is 65.9. The van der Waals surface area contributed by atoms with Gasteiger partial charge in [-0.05, 0) is 119 Å². The molecule has 5 fully saturated rings. The Morgan fingerprint density at radius 2 is 0.697 bits per heavy atom. The van der Waals surface area contributed by atoms with E-state index in [1.807, 2.05) is 0 Å². The van der Waals surface area contributed by atoms with E-state index in [0.29, 0.717) is 0 Å². The molecule has 6 aliphatic rings. The van der Waals surface area contributed by atoms with Crippen molar-refractivity contribution < 1.29 is 162 Å². The van der Waals surface area contributed by atoms with E-state index in [2.05, 4.69) is 9.47 Å². The van der Waals surface area contributed by atoms with Gasteiger partial charge in [0.05, 0.1) is 12.2 Å². The molecule has 10 atom stereocenters. The van der Waals surface area contributed by atoms with E-state index in [1.54, 1.807) is 0 Å². The lowest BCUT2D eigenvalue weighted by Gasteiger charge is -2.44. The number of ether oxygens (including phenoxy) is 2. The van der Waals surface area contributed by atoms with Crippen molar-refractivity contribution in [3.63, 3.8) is 0 Å². The quantitative estimate of drug-likeness (QED) is 0.0908. The van der Waals surface area contributed by atoms with E-state index in [-0.39, 0.29) is 44.9 Å². The summed E-state index contributed by atoms with van der Waals surface area (Å²) < 4.78 is 416. The Labute approximate surface area is 407 Å². The van der Waals surface area contributed by atoms with Gasteiger partial charge in [0, 0.05) is 5.92 Å². The van der Waals surface area contributed by atoms with E-state index < -0.39 is 188 Å². The summed E-state index contributed by atoms with van der Waals surface area (Å²) in [5, 5.41) is 38.1. The molecule has 0 amide bonds. The van der Waals surface area contributed by atoms with Crippen LogP contribution in [0, 0.1) is 47.3 Å². The van der Waals surface area contributed by atoms with Crippen LogP contribution in [0.25, 0.3) is 0 Å². The lowest BCUT2D eigenvalue weighted by atomic mass is 9.75. The molecule has 76 heavy (non-hydrogen) atoms. The van der Waals surface area contributed by atoms with E-state index in [4.69, 9.17) is 0 Å². The van der Waals surface area contributed by atoms with E-state index in [0.717, 1.165) is 0 Å². The van der Waals surface area contributed by atoms with Gasteiger partial charge in [-0.15, -0.1) is 0 Å². The molecule has 6 aliphatic carbocycles. The molecule has 6 bridgehead atoms. The number of halogens is 30. The third kappa shape index (κ3) is 12.2. The summed E-state index contributed by atoms with van der Waals surface area (Å²) in [6.45, 7) is -0.505. The summed E-state index contributed by atoms with van der Waals surface area (Å²) >= 11 is 0. The fourth-order valence-corrected chi connectivity index (χ4v) is 10.9. The van der Waals surface area contributed by atoms with Crippen molar-refractivity contribution in [2.24, 2.45) is 47.3 Å². The molecule has 6 rings (SSSR count). The van der Waals surface area contributed by atoms with Crippen molar-refractivity contribution in [3.05, 3.63) is 12.2 Å². The minimum atomic E-state index is -6.79. The number of hydrogen-bond donors (Lipinski definition) is 4. The van der Waals surface area contributed by atoms with Crippen LogP contribution in [0.3, 0.4) is 0 Å². The summed E-state index contributed by atoms with van der Waals surface area (Å²) in [4.78, 5) is 0. The monoisotopic (exact) mass is 1190 g/mol. The Morgan fingerprint density at radius 3 is 0.921 bits per heavy atom. The number of fused-ring (bicyclic) bond motifs is 2. The van der Waals surface area contributed by atoms with Crippen molar-refractivity contribution >= 4 is 0 Å². The molecule has 0 saturated heterocycles. The molecule has 0 aromatic heterocycles. The molecule has 6 nitrogen and oxygen atoms in total. The molecule has 4 N–H and O–H groups in total. The Balaban J connectivity index is 0.000000328. The van der Waals surface area contributed by atoms with E-state index in [1.165, 1.54) is 12.2 Å². The molecular formula is C40H42F30O6. The number of aliphatic hydroxyl groups is 4. The highest BCUT2D eigenvalue weighted by Crippen LogP contribution is 2.73. The molecule has 0 radical (unpaired) electrons. The normalized spacial score (nSPS) is 28.5. The van der Waals surface area contributed by atoms with Crippen molar-refractivity contribution in [2.75, 3.05) is 0 Å². The zero-order valence-corrected chi connectivity index (χ0v) is 37.9. The van der Waals surface area contributed by atoms with Gasteiger partial charge in [-0.1, -0.05) is 12.2 Å². The molecule has 10 unspecified atom stereocenters. The average molecular weight is 1190 g/mol. The number of rotatable bonds is 16. The van der Waals surface area contributed by atoms with E-state index >= 15 is 0 Å². The smallest absolute Gasteiger partial charge is 0.381 e. The summed E-state index contributed by atoms with van der Waals surface area (Å²) in [5.41, 5.74) is -31.7. The maximum Gasteiger partial charge on any atom is 0.426 e. The van der Waals surface area contributed by atoms with Gasteiger partial charge in [0.15, 0.2) is 11.2 Å². The second-order valence-corrected chi connectivity index (χ2v) is 20.5. The third-order valence-corrected chi connectivity index (χ3v) is 14.9. The van der Waals surface area contributed by atoms with Crippen LogP contribution in [-0.4, -0.2) is 128 Å². The van der Waals surface area contributed by atoms with Gasteiger partial charge in [-0.3, -0.25) is 0 Å². The van der Waals surface area contributed by atoms with Gasteiger partial charge in [0.2, 0.25) is 0 Å². The topological polar surface area (TPSA) is 99.4 Å². The molecule has 0 heterocycles. The van der Waals surface area contributed by atoms with Crippen molar-refractivity contribution in [1.82, 2.24) is 0 Å². The zero-order valence-electron chi connectivity index (χ0n) is 37.9. The van der Waals surface area contributed by atoms with Gasteiger partial charge < -0.3 is 29.9 Å². The summed E-state index contributed by atoms with van der Waals surface area (Å²) in [7, 11) is 0. The Hall–Kier alpha value is -2.60. The Morgan fingerprint density at radius 1 is 0.382 bits per heavy atom. The first-order valence-electron chi connectivity index (χ1n) is 21.8. The van der Waals surface area contributed by atoms with Crippen molar-refractivity contribution in [3.8, 4) is 0 Å². The molecule has 0 aromatic rings. The first-order chi connectivity index (χ1) is 33.2. The largest absolute Gasteiger partial charge is 0.426 e. The van der Waals surface area contributed by atoms with Gasteiger partial charge in [0.25, 0.3) is 22.4 Å². The Kier molecular flexibility index (Phi) is 17.0. The van der Waals surface area contributed by atoms with Crippen LogP contribution in [-0.2, 0) is 9.47 Å². The van der Waals surface area contributed by atoms with Crippen molar-refractivity contribution in [2.45, 2.75) is 186 Å². The first-order valence-corrected chi connectivity index (χ1v) is 21.8. The molecule has 5 saturated carbocycles. The lowest BCUT2D eigenvalue weighted by Crippen LogP contribution is -2.63. The SMILES string of the molecule is CC(O)(CC(CC(O)(C(F)(F)F)C(F)(F)F)CC(OC1C2CC3C(C2)C31)(C(F)(F)F)C(F)(F)F)C(F)(F)F.CC(O)(CC(CC(O)(C(F)(F)F)C(F)(F)F)CC(OC1CC2C=CC1C2)(C(F)(F)F)C(F)(F)F)C(F)(F)F. The van der Waals surface area contributed by atoms with Crippen LogP contribution >= 0.6 is 0 Å². The molecule has 0 aromatic carbocycles. The standard InChI is InChI=1S/2C20H21F15O3/c1-13(36,16(21,22)23)4-7(5-14(37,17(24,25)26)18(27,28)29)6-15(19(30,31)32,20(33,34)35)38-12-8-2-9-10(3-8)11(9)12;1-13(36,16(21,22)23)6-10(7-14(37,17(24,25)26)18(27,28)29)8-15(19(30,31)32,20(33,34)35)38-12-5-9-2-3-11(12)4-9/h7-12,36-37H,2-6H2,1H3;2-3,9-12,36-37H,4-8H2,1H3. The maximum atomic E-state index is 14.1.